The Hall–Kier alpha value is -4.70. The molecular weight excluding hydrogens is 444 g/mol. The smallest absolute Gasteiger partial charge is 0.323 e. The fourth-order valence-corrected chi connectivity index (χ4v) is 4.35. The van der Waals surface area contributed by atoms with Crippen LogP contribution in [0.4, 0.5) is 0 Å². The van der Waals surface area contributed by atoms with E-state index in [0.717, 1.165) is 27.8 Å². The first kappa shape index (κ1) is 23.1. The average molecular weight is 471 g/mol. The molecule has 0 spiro atoms. The van der Waals surface area contributed by atoms with Gasteiger partial charge in [0.05, 0.1) is 0 Å². The van der Waals surface area contributed by atoms with Gasteiger partial charge in [0.15, 0.2) is 11.6 Å². The van der Waals surface area contributed by atoms with Crippen LogP contribution in [-0.4, -0.2) is 15.5 Å². The van der Waals surface area contributed by atoms with Crippen molar-refractivity contribution in [3.63, 3.8) is 0 Å². The zero-order valence-electron chi connectivity index (χ0n) is 20.0. The molecule has 176 valence electrons. The summed E-state index contributed by atoms with van der Waals surface area (Å²) >= 11 is 0. The maximum absolute atomic E-state index is 14.0. The molecule has 5 aromatic rings. The summed E-state index contributed by atoms with van der Waals surface area (Å²) in [6.07, 6.45) is 3.56. The van der Waals surface area contributed by atoms with E-state index in [4.69, 9.17) is 4.74 Å². The van der Waals surface area contributed by atoms with E-state index < -0.39 is 5.92 Å². The molecular formula is C32H26N2O2. The van der Waals surface area contributed by atoms with Gasteiger partial charge in [-0.2, -0.15) is 0 Å². The van der Waals surface area contributed by atoms with Crippen molar-refractivity contribution in [1.82, 2.24) is 9.55 Å². The van der Waals surface area contributed by atoms with Gasteiger partial charge in [-0.05, 0) is 22.3 Å². The molecule has 5 rings (SSSR count). The number of hydrogen-bond donors (Lipinski definition) is 0. The normalized spacial score (nSPS) is 10.7. The molecule has 4 heteroatoms. The summed E-state index contributed by atoms with van der Waals surface area (Å²) in [4.78, 5) is 18.6. The van der Waals surface area contributed by atoms with Crippen molar-refractivity contribution in [3.8, 4) is 0 Å². The first-order chi connectivity index (χ1) is 17.7. The first-order valence-corrected chi connectivity index (χ1v) is 11.9. The Labute approximate surface area is 211 Å². The lowest BCUT2D eigenvalue weighted by atomic mass is 9.91. The van der Waals surface area contributed by atoms with E-state index in [1.165, 1.54) is 0 Å². The summed E-state index contributed by atoms with van der Waals surface area (Å²) in [5.41, 5.74) is 4.41. The van der Waals surface area contributed by atoms with Gasteiger partial charge in [-0.1, -0.05) is 121 Å². The molecule has 0 radical (unpaired) electrons. The van der Waals surface area contributed by atoms with Crippen LogP contribution in [-0.2, 0) is 16.6 Å². The van der Waals surface area contributed by atoms with Crippen molar-refractivity contribution in [2.75, 3.05) is 0 Å². The van der Waals surface area contributed by atoms with Crippen molar-refractivity contribution in [1.29, 1.82) is 0 Å². The number of benzene rings is 4. The molecule has 0 N–H and O–H groups in total. The molecule has 1 aromatic heterocycles. The number of imidazole rings is 1. The van der Waals surface area contributed by atoms with E-state index in [0.29, 0.717) is 11.6 Å². The lowest BCUT2D eigenvalue weighted by Gasteiger charge is -2.21. The molecule has 0 aliphatic carbocycles. The van der Waals surface area contributed by atoms with E-state index in [1.807, 2.05) is 139 Å². The molecule has 4 nitrogen and oxygen atoms in total. The van der Waals surface area contributed by atoms with Crippen LogP contribution in [0, 0.1) is 0 Å². The molecule has 0 atom stereocenters. The number of nitrogens with zero attached hydrogens (tertiary/aromatic N) is 2. The highest BCUT2D eigenvalue weighted by Crippen LogP contribution is 2.35. The summed E-state index contributed by atoms with van der Waals surface area (Å²) in [7, 11) is 1.90. The molecule has 0 saturated heterocycles. The molecule has 36 heavy (non-hydrogen) atoms. The van der Waals surface area contributed by atoms with Crippen LogP contribution < -0.4 is 0 Å². The molecule has 0 aliphatic rings. The predicted molar refractivity (Wildman–Crippen MR) is 143 cm³/mol. The number of aromatic nitrogens is 2. The maximum Gasteiger partial charge on any atom is 0.323 e. The van der Waals surface area contributed by atoms with Gasteiger partial charge < -0.3 is 9.30 Å². The third-order valence-corrected chi connectivity index (χ3v) is 6.08. The largest absolute Gasteiger partial charge is 0.421 e. The van der Waals surface area contributed by atoms with Gasteiger partial charge in [0, 0.05) is 25.0 Å². The zero-order valence-corrected chi connectivity index (χ0v) is 20.0. The lowest BCUT2D eigenvalue weighted by molar-refractivity contribution is -0.137. The van der Waals surface area contributed by atoms with E-state index in [9.17, 15) is 4.79 Å². The van der Waals surface area contributed by atoms with Crippen LogP contribution in [0.3, 0.4) is 0 Å². The Morgan fingerprint density at radius 2 is 1.14 bits per heavy atom. The van der Waals surface area contributed by atoms with Crippen LogP contribution in [0.1, 0.15) is 34.0 Å². The molecule has 0 unspecified atom stereocenters. The van der Waals surface area contributed by atoms with Crippen LogP contribution in [0.2, 0.25) is 0 Å². The highest BCUT2D eigenvalue weighted by molar-refractivity contribution is 5.99. The van der Waals surface area contributed by atoms with Crippen molar-refractivity contribution in [2.45, 2.75) is 5.92 Å². The van der Waals surface area contributed by atoms with E-state index >= 15 is 0 Å². The summed E-state index contributed by atoms with van der Waals surface area (Å²) in [5, 5.41) is 0. The Kier molecular flexibility index (Phi) is 6.86. The second-order valence-corrected chi connectivity index (χ2v) is 8.47. The van der Waals surface area contributed by atoms with Crippen molar-refractivity contribution in [3.05, 3.63) is 162 Å². The van der Waals surface area contributed by atoms with Crippen molar-refractivity contribution in [2.24, 2.45) is 7.05 Å². The molecule has 0 fully saturated rings. The first-order valence-electron chi connectivity index (χ1n) is 11.9. The van der Waals surface area contributed by atoms with Gasteiger partial charge in [0.2, 0.25) is 0 Å². The lowest BCUT2D eigenvalue weighted by Crippen LogP contribution is -2.18. The number of carbonyl (C=O) groups excluding carboxylic acids is 1. The quantitative estimate of drug-likeness (QED) is 0.196. The standard InChI is InChI=1S/C32H26N2O2/c1-34-23-22-33-31(34)30(28(24-14-6-2-7-15-24)25-16-8-3-9-17-25)36-32(35)29(26-18-10-4-11-19-26)27-20-12-5-13-21-27/h2-23,29H,1H3. The minimum absolute atomic E-state index is 0.366. The van der Waals surface area contributed by atoms with Gasteiger partial charge in [0.25, 0.3) is 0 Å². The second-order valence-electron chi connectivity index (χ2n) is 8.47. The summed E-state index contributed by atoms with van der Waals surface area (Å²) in [6.45, 7) is 0. The number of esters is 1. The van der Waals surface area contributed by atoms with Gasteiger partial charge in [-0.3, -0.25) is 4.79 Å². The van der Waals surface area contributed by atoms with Gasteiger partial charge in [0.1, 0.15) is 5.92 Å². The number of ether oxygens (including phenoxy) is 1. The Morgan fingerprint density at radius 1 is 0.694 bits per heavy atom. The van der Waals surface area contributed by atoms with Crippen molar-refractivity contribution < 1.29 is 9.53 Å². The molecule has 4 aromatic carbocycles. The average Bonchev–Trinajstić information content (AvgIpc) is 3.36. The van der Waals surface area contributed by atoms with Crippen LogP contribution >= 0.6 is 0 Å². The predicted octanol–water partition coefficient (Wildman–Crippen LogP) is 6.71. The van der Waals surface area contributed by atoms with Gasteiger partial charge in [-0.15, -0.1) is 0 Å². The molecule has 0 bridgehead atoms. The molecule has 0 saturated carbocycles. The van der Waals surface area contributed by atoms with Crippen LogP contribution in [0.25, 0.3) is 11.3 Å². The highest BCUT2D eigenvalue weighted by Gasteiger charge is 2.29. The summed E-state index contributed by atoms with van der Waals surface area (Å²) in [5.74, 6) is 0.0397. The van der Waals surface area contributed by atoms with Gasteiger partial charge >= 0.3 is 5.97 Å². The van der Waals surface area contributed by atoms with E-state index in [2.05, 4.69) is 4.98 Å². The number of carbonyl (C=O) groups is 1. The van der Waals surface area contributed by atoms with Crippen molar-refractivity contribution >= 4 is 17.3 Å². The van der Waals surface area contributed by atoms with E-state index in [-0.39, 0.29) is 5.97 Å². The number of hydrogen-bond acceptors (Lipinski definition) is 3. The second kappa shape index (κ2) is 10.7. The SMILES string of the molecule is Cn1ccnc1C(OC(=O)C(c1ccccc1)c1ccccc1)=C(c1ccccc1)c1ccccc1. The third kappa shape index (κ3) is 4.89. The zero-order chi connectivity index (χ0) is 24.7. The fourth-order valence-electron chi connectivity index (χ4n) is 4.35. The molecule has 1 heterocycles. The fraction of sp³-hybridized carbons (Fsp3) is 0.0625. The van der Waals surface area contributed by atoms with Crippen LogP contribution in [0.15, 0.2) is 134 Å². The Balaban J connectivity index is 1.70. The molecule has 0 aliphatic heterocycles. The van der Waals surface area contributed by atoms with Crippen LogP contribution in [0.5, 0.6) is 0 Å². The Bertz CT molecular complexity index is 1380. The summed E-state index contributed by atoms with van der Waals surface area (Å²) < 4.78 is 8.24. The minimum atomic E-state index is -0.588. The monoisotopic (exact) mass is 470 g/mol. The minimum Gasteiger partial charge on any atom is -0.421 e. The van der Waals surface area contributed by atoms with E-state index in [1.54, 1.807) is 6.20 Å². The third-order valence-electron chi connectivity index (χ3n) is 6.08. The highest BCUT2D eigenvalue weighted by atomic mass is 16.5. The summed E-state index contributed by atoms with van der Waals surface area (Å²) in [6, 6.07) is 39.4. The maximum atomic E-state index is 14.0. The molecule has 0 amide bonds. The topological polar surface area (TPSA) is 44.1 Å². The number of rotatable bonds is 7. The number of aryl methyl sites for hydroxylation is 1. The Morgan fingerprint density at radius 3 is 1.56 bits per heavy atom. The van der Waals surface area contributed by atoms with Gasteiger partial charge in [-0.25, -0.2) is 4.98 Å².